The molecule has 0 saturated carbocycles. The Bertz CT molecular complexity index is 382. The number of nitrogens with zero attached hydrogens (tertiary/aromatic N) is 1. The molecule has 0 fully saturated rings. The molecule has 0 bridgehead atoms. The highest BCUT2D eigenvalue weighted by Crippen LogP contribution is 2.33. The first kappa shape index (κ1) is 10.3. The maximum absolute atomic E-state index is 12.3. The third-order valence-electron chi connectivity index (χ3n) is 1.53. The van der Waals surface area contributed by atoms with Crippen molar-refractivity contribution < 1.29 is 13.2 Å². The second-order valence-electron chi connectivity index (χ2n) is 2.42. The van der Waals surface area contributed by atoms with Crippen LogP contribution in [-0.2, 0) is 13.2 Å². The van der Waals surface area contributed by atoms with E-state index in [0.717, 1.165) is 19.2 Å². The van der Waals surface area contributed by atoms with Gasteiger partial charge in [-0.05, 0) is 22.0 Å². The molecule has 0 N–H and O–H groups in total. The van der Waals surface area contributed by atoms with Crippen molar-refractivity contribution in [3.05, 3.63) is 32.7 Å². The Kier molecular flexibility index (Phi) is 2.51. The van der Waals surface area contributed by atoms with Gasteiger partial charge in [-0.3, -0.25) is 4.79 Å². The van der Waals surface area contributed by atoms with Gasteiger partial charge in [0.1, 0.15) is 5.69 Å². The van der Waals surface area contributed by atoms with Crippen LogP contribution in [0.2, 0.25) is 0 Å². The summed E-state index contributed by atoms with van der Waals surface area (Å²) < 4.78 is 37.3. The topological polar surface area (TPSA) is 22.0 Å². The minimum absolute atomic E-state index is 0.137. The summed E-state index contributed by atoms with van der Waals surface area (Å²) in [5.74, 6) is 0. The SMILES string of the molecule is Cn1c(C(F)(F)F)c(Br)ccc1=O. The molecule has 0 aliphatic carbocycles. The molecular weight excluding hydrogens is 251 g/mol. The number of aromatic nitrogens is 1. The fraction of sp³-hybridized carbons (Fsp3) is 0.286. The van der Waals surface area contributed by atoms with Crippen LogP contribution in [0.4, 0.5) is 13.2 Å². The number of halogens is 4. The minimum Gasteiger partial charge on any atom is -0.307 e. The van der Waals surface area contributed by atoms with Gasteiger partial charge in [0, 0.05) is 17.6 Å². The highest BCUT2D eigenvalue weighted by Gasteiger charge is 2.35. The lowest BCUT2D eigenvalue weighted by molar-refractivity contribution is -0.144. The van der Waals surface area contributed by atoms with Crippen molar-refractivity contribution in [1.29, 1.82) is 0 Å². The van der Waals surface area contributed by atoms with Crippen molar-refractivity contribution in [3.8, 4) is 0 Å². The smallest absolute Gasteiger partial charge is 0.307 e. The van der Waals surface area contributed by atoms with Crippen LogP contribution in [0.3, 0.4) is 0 Å². The zero-order valence-corrected chi connectivity index (χ0v) is 8.11. The normalized spacial score (nSPS) is 11.8. The highest BCUT2D eigenvalue weighted by molar-refractivity contribution is 9.10. The van der Waals surface area contributed by atoms with Crippen LogP contribution in [0.5, 0.6) is 0 Å². The maximum atomic E-state index is 12.3. The van der Waals surface area contributed by atoms with Crippen LogP contribution in [0.15, 0.2) is 21.4 Å². The van der Waals surface area contributed by atoms with Crippen LogP contribution in [0.1, 0.15) is 5.69 Å². The molecule has 0 aromatic carbocycles. The number of alkyl halides is 3. The summed E-state index contributed by atoms with van der Waals surface area (Å²) in [6.07, 6.45) is -4.52. The predicted molar refractivity (Wildman–Crippen MR) is 44.4 cm³/mol. The molecular formula is C7H5BrF3NO. The van der Waals surface area contributed by atoms with Crippen molar-refractivity contribution in [2.45, 2.75) is 6.18 Å². The molecule has 1 aromatic rings. The first-order valence-corrected chi connectivity index (χ1v) is 4.06. The standard InChI is InChI=1S/C7H5BrF3NO/c1-12-5(13)3-2-4(8)6(12)7(9,10)11/h2-3H,1H3. The van der Waals surface area contributed by atoms with Crippen molar-refractivity contribution in [2.75, 3.05) is 0 Å². The van der Waals surface area contributed by atoms with E-state index in [1.807, 2.05) is 0 Å². The summed E-state index contributed by atoms with van der Waals surface area (Å²) in [6.45, 7) is 0. The molecule has 0 aliphatic heterocycles. The molecule has 1 heterocycles. The molecule has 0 aliphatic rings. The largest absolute Gasteiger partial charge is 0.432 e. The second kappa shape index (κ2) is 3.17. The van der Waals surface area contributed by atoms with E-state index in [2.05, 4.69) is 15.9 Å². The quantitative estimate of drug-likeness (QED) is 0.697. The van der Waals surface area contributed by atoms with Gasteiger partial charge in [-0.15, -0.1) is 0 Å². The molecule has 13 heavy (non-hydrogen) atoms. The molecule has 1 rings (SSSR count). The van der Waals surface area contributed by atoms with Gasteiger partial charge < -0.3 is 4.57 Å². The number of hydrogen-bond donors (Lipinski definition) is 0. The van der Waals surface area contributed by atoms with Crippen molar-refractivity contribution in [2.24, 2.45) is 7.05 Å². The van der Waals surface area contributed by atoms with Gasteiger partial charge in [-0.1, -0.05) is 0 Å². The van der Waals surface area contributed by atoms with Crippen molar-refractivity contribution in [3.63, 3.8) is 0 Å². The van der Waals surface area contributed by atoms with Gasteiger partial charge in [0.2, 0.25) is 0 Å². The van der Waals surface area contributed by atoms with Crippen LogP contribution in [0, 0.1) is 0 Å². The zero-order chi connectivity index (χ0) is 10.2. The van der Waals surface area contributed by atoms with E-state index in [0.29, 0.717) is 4.57 Å². The highest BCUT2D eigenvalue weighted by atomic mass is 79.9. The van der Waals surface area contributed by atoms with Crippen LogP contribution < -0.4 is 5.56 Å². The Hall–Kier alpha value is -0.780. The van der Waals surface area contributed by atoms with Gasteiger partial charge in [0.25, 0.3) is 5.56 Å². The third-order valence-corrected chi connectivity index (χ3v) is 2.17. The minimum atomic E-state index is -4.52. The van der Waals surface area contributed by atoms with Crippen LogP contribution >= 0.6 is 15.9 Å². The molecule has 0 atom stereocenters. The zero-order valence-electron chi connectivity index (χ0n) is 6.52. The Morgan fingerprint density at radius 2 is 1.92 bits per heavy atom. The Balaban J connectivity index is 3.52. The predicted octanol–water partition coefficient (Wildman–Crippen LogP) is 2.17. The first-order valence-electron chi connectivity index (χ1n) is 3.27. The fourth-order valence-electron chi connectivity index (χ4n) is 0.931. The summed E-state index contributed by atoms with van der Waals surface area (Å²) in [4.78, 5) is 10.9. The van der Waals surface area contributed by atoms with Gasteiger partial charge in [0.15, 0.2) is 0 Å². The first-order chi connectivity index (χ1) is 5.84. The molecule has 0 saturated heterocycles. The molecule has 0 radical (unpaired) electrons. The van der Waals surface area contributed by atoms with Gasteiger partial charge >= 0.3 is 6.18 Å². The van der Waals surface area contributed by atoms with Crippen LogP contribution in [0.25, 0.3) is 0 Å². The fourth-order valence-corrected chi connectivity index (χ4v) is 1.55. The summed E-state index contributed by atoms with van der Waals surface area (Å²) >= 11 is 2.74. The Morgan fingerprint density at radius 1 is 1.38 bits per heavy atom. The van der Waals surface area contributed by atoms with E-state index < -0.39 is 17.4 Å². The maximum Gasteiger partial charge on any atom is 0.432 e. The van der Waals surface area contributed by atoms with E-state index in [-0.39, 0.29) is 4.47 Å². The Morgan fingerprint density at radius 3 is 2.31 bits per heavy atom. The summed E-state index contributed by atoms with van der Waals surface area (Å²) in [5.41, 5.74) is -1.66. The number of hydrogen-bond acceptors (Lipinski definition) is 1. The molecule has 1 aromatic heterocycles. The number of rotatable bonds is 0. The van der Waals surface area contributed by atoms with Crippen LogP contribution in [-0.4, -0.2) is 4.57 Å². The lowest BCUT2D eigenvalue weighted by atomic mass is 10.3. The lowest BCUT2D eigenvalue weighted by Crippen LogP contribution is -2.25. The second-order valence-corrected chi connectivity index (χ2v) is 3.28. The van der Waals surface area contributed by atoms with E-state index in [9.17, 15) is 18.0 Å². The van der Waals surface area contributed by atoms with E-state index in [1.165, 1.54) is 0 Å². The molecule has 0 amide bonds. The summed E-state index contributed by atoms with van der Waals surface area (Å²) in [7, 11) is 1.08. The monoisotopic (exact) mass is 255 g/mol. The summed E-state index contributed by atoms with van der Waals surface area (Å²) in [6, 6.07) is 2.16. The van der Waals surface area contributed by atoms with Crippen molar-refractivity contribution in [1.82, 2.24) is 4.57 Å². The van der Waals surface area contributed by atoms with E-state index in [4.69, 9.17) is 0 Å². The van der Waals surface area contributed by atoms with Gasteiger partial charge in [0.05, 0.1) is 0 Å². The molecule has 0 spiro atoms. The molecule has 72 valence electrons. The van der Waals surface area contributed by atoms with E-state index >= 15 is 0 Å². The van der Waals surface area contributed by atoms with Gasteiger partial charge in [-0.2, -0.15) is 13.2 Å². The van der Waals surface area contributed by atoms with Gasteiger partial charge in [-0.25, -0.2) is 0 Å². The molecule has 2 nitrogen and oxygen atoms in total. The van der Waals surface area contributed by atoms with Crippen molar-refractivity contribution >= 4 is 15.9 Å². The average molecular weight is 256 g/mol. The molecule has 6 heteroatoms. The average Bonchev–Trinajstić information content (AvgIpc) is 1.95. The lowest BCUT2D eigenvalue weighted by Gasteiger charge is -2.12. The third kappa shape index (κ3) is 1.93. The number of pyridine rings is 1. The Labute approximate surface area is 80.1 Å². The summed E-state index contributed by atoms with van der Waals surface area (Å²) in [5, 5.41) is 0. The molecule has 0 unspecified atom stereocenters. The van der Waals surface area contributed by atoms with E-state index in [1.54, 1.807) is 0 Å².